The molecule has 0 aliphatic heterocycles. The van der Waals surface area contributed by atoms with E-state index in [1.165, 1.54) is 0 Å². The highest BCUT2D eigenvalue weighted by Crippen LogP contribution is 2.22. The Kier molecular flexibility index (Phi) is 3.97. The normalized spacial score (nSPS) is 11.6. The molecular weight excluding hydrogens is 308 g/mol. The molecule has 0 atom stereocenters. The molecule has 4 rings (SSSR count). The summed E-state index contributed by atoms with van der Waals surface area (Å²) >= 11 is 0. The van der Waals surface area contributed by atoms with E-state index < -0.39 is 0 Å². The highest BCUT2D eigenvalue weighted by atomic mass is 16.2. The summed E-state index contributed by atoms with van der Waals surface area (Å²) < 4.78 is 1.61. The highest BCUT2D eigenvalue weighted by Gasteiger charge is 2.16. The molecule has 0 saturated carbocycles. The first-order valence-corrected chi connectivity index (χ1v) is 8.12. The predicted octanol–water partition coefficient (Wildman–Crippen LogP) is 4.92. The maximum Gasteiger partial charge on any atom is 0.264 e. The Labute approximate surface area is 145 Å². The lowest BCUT2D eigenvalue weighted by Gasteiger charge is -2.09. The number of fused-ring (bicyclic) bond motifs is 1. The van der Waals surface area contributed by atoms with E-state index >= 15 is 0 Å². The number of para-hydroxylation sites is 2. The molecule has 0 amide bonds. The molecule has 4 aromatic rings. The zero-order valence-electron chi connectivity index (χ0n) is 13.5. The number of hydrogen-bond donors (Lipinski definition) is 0. The first-order valence-electron chi connectivity index (χ1n) is 8.12. The number of imidazole rings is 1. The number of nitrogens with zero attached hydrogens (tertiary/aromatic N) is 2. The summed E-state index contributed by atoms with van der Waals surface area (Å²) in [6, 6.07) is 27.2. The summed E-state index contributed by atoms with van der Waals surface area (Å²) in [4.78, 5) is 17.6. The molecule has 0 bridgehead atoms. The molecule has 0 aliphatic carbocycles. The van der Waals surface area contributed by atoms with Gasteiger partial charge in [-0.05, 0) is 29.3 Å². The van der Waals surface area contributed by atoms with Gasteiger partial charge in [0.2, 0.25) is 0 Å². The van der Waals surface area contributed by atoms with Crippen molar-refractivity contribution in [3.05, 3.63) is 102 Å². The van der Waals surface area contributed by atoms with Crippen LogP contribution in [0.15, 0.2) is 91.3 Å². The molecule has 3 heteroatoms. The SMILES string of the molecule is O=C(/C(=C/c1ccccc1)c1ccccc1)n1cnc2ccccc21. The van der Waals surface area contributed by atoms with E-state index in [4.69, 9.17) is 0 Å². The Morgan fingerprint density at radius 1 is 0.800 bits per heavy atom. The van der Waals surface area contributed by atoms with Crippen LogP contribution in [0.5, 0.6) is 0 Å². The minimum atomic E-state index is -0.0937. The average Bonchev–Trinajstić information content (AvgIpc) is 3.11. The molecule has 0 N–H and O–H groups in total. The quantitative estimate of drug-likeness (QED) is 0.396. The minimum absolute atomic E-state index is 0.0937. The summed E-state index contributed by atoms with van der Waals surface area (Å²) in [7, 11) is 0. The summed E-state index contributed by atoms with van der Waals surface area (Å²) in [6.07, 6.45) is 3.52. The molecular formula is C22H16N2O. The molecule has 0 spiro atoms. The number of carbonyl (C=O) groups excluding carboxylic acids is 1. The second-order valence-electron chi connectivity index (χ2n) is 5.74. The molecule has 1 aromatic heterocycles. The van der Waals surface area contributed by atoms with Crippen molar-refractivity contribution in [2.75, 3.05) is 0 Å². The molecule has 25 heavy (non-hydrogen) atoms. The van der Waals surface area contributed by atoms with Crippen LogP contribution in [-0.2, 0) is 0 Å². The predicted molar refractivity (Wildman–Crippen MR) is 101 cm³/mol. The van der Waals surface area contributed by atoms with Crippen LogP contribution in [0.3, 0.4) is 0 Å². The van der Waals surface area contributed by atoms with Gasteiger partial charge in [-0.1, -0.05) is 72.8 Å². The van der Waals surface area contributed by atoms with E-state index in [9.17, 15) is 4.79 Å². The number of rotatable bonds is 3. The van der Waals surface area contributed by atoms with Crippen LogP contribution in [0.4, 0.5) is 0 Å². The molecule has 0 saturated heterocycles. The minimum Gasteiger partial charge on any atom is -0.268 e. The Morgan fingerprint density at radius 3 is 2.20 bits per heavy atom. The molecule has 3 nitrogen and oxygen atoms in total. The highest BCUT2D eigenvalue weighted by molar-refractivity contribution is 6.26. The van der Waals surface area contributed by atoms with Crippen LogP contribution in [-0.4, -0.2) is 15.5 Å². The van der Waals surface area contributed by atoms with E-state index in [0.717, 1.165) is 22.2 Å². The molecule has 0 aliphatic rings. The van der Waals surface area contributed by atoms with Crippen molar-refractivity contribution < 1.29 is 4.79 Å². The topological polar surface area (TPSA) is 34.9 Å². The Hall–Kier alpha value is -3.46. The van der Waals surface area contributed by atoms with Crippen LogP contribution in [0, 0.1) is 0 Å². The summed E-state index contributed by atoms with van der Waals surface area (Å²) in [5, 5.41) is 0. The van der Waals surface area contributed by atoms with Gasteiger partial charge in [-0.15, -0.1) is 0 Å². The average molecular weight is 324 g/mol. The third kappa shape index (κ3) is 3.00. The number of benzene rings is 3. The van der Waals surface area contributed by atoms with E-state index in [-0.39, 0.29) is 5.91 Å². The van der Waals surface area contributed by atoms with Gasteiger partial charge < -0.3 is 0 Å². The van der Waals surface area contributed by atoms with E-state index in [1.807, 2.05) is 91.0 Å². The Bertz CT molecular complexity index is 1050. The van der Waals surface area contributed by atoms with E-state index in [2.05, 4.69) is 4.98 Å². The summed E-state index contributed by atoms with van der Waals surface area (Å²) in [5.41, 5.74) is 4.12. The van der Waals surface area contributed by atoms with Crippen LogP contribution in [0.25, 0.3) is 22.7 Å². The maximum atomic E-state index is 13.3. The number of aromatic nitrogens is 2. The van der Waals surface area contributed by atoms with Crippen molar-refractivity contribution in [3.8, 4) is 0 Å². The molecule has 1 heterocycles. The van der Waals surface area contributed by atoms with Crippen molar-refractivity contribution in [1.82, 2.24) is 9.55 Å². The van der Waals surface area contributed by atoms with Crippen LogP contribution in [0.2, 0.25) is 0 Å². The van der Waals surface area contributed by atoms with Crippen molar-refractivity contribution in [2.24, 2.45) is 0 Å². The van der Waals surface area contributed by atoms with Gasteiger partial charge in [-0.25, -0.2) is 4.98 Å². The van der Waals surface area contributed by atoms with Crippen molar-refractivity contribution in [2.45, 2.75) is 0 Å². The lowest BCUT2D eigenvalue weighted by Crippen LogP contribution is -2.11. The first kappa shape index (κ1) is 15.1. The lowest BCUT2D eigenvalue weighted by molar-refractivity contribution is 0.0985. The third-order valence-corrected chi connectivity index (χ3v) is 4.10. The summed E-state index contributed by atoms with van der Waals surface area (Å²) in [5.74, 6) is -0.0937. The number of allylic oxidation sites excluding steroid dienone is 1. The number of carbonyl (C=O) groups is 1. The van der Waals surface area contributed by atoms with Gasteiger partial charge in [-0.2, -0.15) is 0 Å². The molecule has 120 valence electrons. The smallest absolute Gasteiger partial charge is 0.264 e. The van der Waals surface area contributed by atoms with Crippen molar-refractivity contribution in [3.63, 3.8) is 0 Å². The fraction of sp³-hybridized carbons (Fsp3) is 0. The maximum absolute atomic E-state index is 13.3. The molecule has 0 unspecified atom stereocenters. The standard InChI is InChI=1S/C22H16N2O/c25-22(24-16-23-20-13-7-8-14-21(20)24)19(18-11-5-2-6-12-18)15-17-9-3-1-4-10-17/h1-16H/b19-15+. The van der Waals surface area contributed by atoms with Gasteiger partial charge in [0, 0.05) is 5.57 Å². The zero-order valence-corrected chi connectivity index (χ0v) is 13.5. The van der Waals surface area contributed by atoms with Gasteiger partial charge in [0.05, 0.1) is 11.0 Å². The van der Waals surface area contributed by atoms with Gasteiger partial charge >= 0.3 is 0 Å². The van der Waals surface area contributed by atoms with Gasteiger partial charge in [0.25, 0.3) is 5.91 Å². The second-order valence-corrected chi connectivity index (χ2v) is 5.74. The Morgan fingerprint density at radius 2 is 1.44 bits per heavy atom. The number of hydrogen-bond acceptors (Lipinski definition) is 2. The fourth-order valence-electron chi connectivity index (χ4n) is 2.85. The summed E-state index contributed by atoms with van der Waals surface area (Å²) in [6.45, 7) is 0. The largest absolute Gasteiger partial charge is 0.268 e. The lowest BCUT2D eigenvalue weighted by atomic mass is 10.0. The monoisotopic (exact) mass is 324 g/mol. The van der Waals surface area contributed by atoms with Crippen LogP contribution < -0.4 is 0 Å². The van der Waals surface area contributed by atoms with Gasteiger partial charge in [0.15, 0.2) is 0 Å². The van der Waals surface area contributed by atoms with Crippen LogP contribution in [0.1, 0.15) is 15.9 Å². The first-order chi connectivity index (χ1) is 12.3. The fourth-order valence-corrected chi connectivity index (χ4v) is 2.85. The van der Waals surface area contributed by atoms with Gasteiger partial charge in [0.1, 0.15) is 6.33 Å². The molecule has 0 fully saturated rings. The van der Waals surface area contributed by atoms with E-state index in [1.54, 1.807) is 10.9 Å². The third-order valence-electron chi connectivity index (χ3n) is 4.10. The Balaban J connectivity index is 1.86. The van der Waals surface area contributed by atoms with E-state index in [0.29, 0.717) is 5.57 Å². The molecule has 3 aromatic carbocycles. The van der Waals surface area contributed by atoms with Crippen molar-refractivity contribution >= 4 is 28.6 Å². The zero-order chi connectivity index (χ0) is 17.1. The van der Waals surface area contributed by atoms with Gasteiger partial charge in [-0.3, -0.25) is 9.36 Å². The molecule has 0 radical (unpaired) electrons. The van der Waals surface area contributed by atoms with Crippen LogP contribution >= 0.6 is 0 Å². The van der Waals surface area contributed by atoms with Crippen molar-refractivity contribution in [1.29, 1.82) is 0 Å². The second kappa shape index (κ2) is 6.57.